The molecule has 2 amide bonds. The zero-order chi connectivity index (χ0) is 15.0. The van der Waals surface area contributed by atoms with Crippen molar-refractivity contribution in [1.82, 2.24) is 10.6 Å². The molecule has 110 valence electrons. The highest BCUT2D eigenvalue weighted by molar-refractivity contribution is 6.31. The summed E-state index contributed by atoms with van der Waals surface area (Å²) in [7, 11) is 0. The Hall–Kier alpha value is -1.55. The number of benzene rings is 1. The highest BCUT2D eigenvalue weighted by Crippen LogP contribution is 2.14. The van der Waals surface area contributed by atoms with Crippen LogP contribution in [0.3, 0.4) is 0 Å². The summed E-state index contributed by atoms with van der Waals surface area (Å²) in [4.78, 5) is 23.1. The lowest BCUT2D eigenvalue weighted by molar-refractivity contribution is -0.129. The average Bonchev–Trinajstić information content (AvgIpc) is 2.37. The van der Waals surface area contributed by atoms with E-state index in [1.54, 1.807) is 6.07 Å². The second-order valence-electron chi connectivity index (χ2n) is 5.08. The fourth-order valence-electron chi connectivity index (χ4n) is 1.61. The van der Waals surface area contributed by atoms with E-state index < -0.39 is 0 Å². The summed E-state index contributed by atoms with van der Waals surface area (Å²) in [6.45, 7) is 5.11. The van der Waals surface area contributed by atoms with E-state index in [2.05, 4.69) is 24.5 Å². The Labute approximate surface area is 124 Å². The molecule has 0 aliphatic heterocycles. The summed E-state index contributed by atoms with van der Waals surface area (Å²) in [6.07, 6.45) is 0.759. The minimum Gasteiger partial charge on any atom is -0.356 e. The van der Waals surface area contributed by atoms with Gasteiger partial charge in [-0.1, -0.05) is 43.6 Å². The molecule has 1 aromatic carbocycles. The maximum Gasteiger partial charge on any atom is 0.229 e. The number of hydrogen-bond acceptors (Lipinski definition) is 2. The molecule has 0 heterocycles. The largest absolute Gasteiger partial charge is 0.356 e. The van der Waals surface area contributed by atoms with Gasteiger partial charge >= 0.3 is 0 Å². The molecule has 0 atom stereocenters. The Bertz CT molecular complexity index is 461. The van der Waals surface area contributed by atoms with Gasteiger partial charge in [-0.15, -0.1) is 0 Å². The lowest BCUT2D eigenvalue weighted by atomic mass is 10.1. The third-order valence-corrected chi connectivity index (χ3v) is 3.17. The number of nitrogens with one attached hydrogen (secondary N) is 2. The predicted octanol–water partition coefficient (Wildman–Crippen LogP) is 2.51. The highest BCUT2D eigenvalue weighted by Gasteiger charge is 2.09. The molecule has 0 bridgehead atoms. The van der Waals surface area contributed by atoms with Crippen LogP contribution in [0, 0.1) is 5.92 Å². The lowest BCUT2D eigenvalue weighted by Gasteiger charge is -2.08. The Morgan fingerprint density at radius 3 is 2.45 bits per heavy atom. The number of carbonyl (C=O) groups excluding carboxylic acids is 2. The first kappa shape index (κ1) is 16.5. The van der Waals surface area contributed by atoms with E-state index in [0.29, 0.717) is 24.0 Å². The van der Waals surface area contributed by atoms with Crippen LogP contribution in [0.4, 0.5) is 0 Å². The molecule has 0 spiro atoms. The number of halogens is 1. The van der Waals surface area contributed by atoms with E-state index in [4.69, 9.17) is 11.6 Å². The normalized spacial score (nSPS) is 10.4. The molecule has 0 saturated carbocycles. The van der Waals surface area contributed by atoms with Crippen LogP contribution in [0.15, 0.2) is 24.3 Å². The fraction of sp³-hybridized carbons (Fsp3) is 0.467. The number of carbonyl (C=O) groups is 2. The summed E-state index contributed by atoms with van der Waals surface area (Å²) in [5.74, 6) is -0.0152. The minimum absolute atomic E-state index is 0.150. The van der Waals surface area contributed by atoms with Crippen LogP contribution in [0.1, 0.15) is 32.3 Å². The van der Waals surface area contributed by atoms with E-state index in [0.717, 1.165) is 12.0 Å². The summed E-state index contributed by atoms with van der Waals surface area (Å²) in [5.41, 5.74) is 0.836. The van der Waals surface area contributed by atoms with Crippen molar-refractivity contribution < 1.29 is 9.59 Å². The van der Waals surface area contributed by atoms with Crippen molar-refractivity contribution in [2.75, 3.05) is 6.54 Å². The third kappa shape index (κ3) is 6.57. The molecular formula is C15H21ClN2O2. The molecule has 5 heteroatoms. The van der Waals surface area contributed by atoms with E-state index in [-0.39, 0.29) is 18.2 Å². The first-order chi connectivity index (χ1) is 9.49. The average molecular weight is 297 g/mol. The van der Waals surface area contributed by atoms with Crippen LogP contribution in [0.5, 0.6) is 0 Å². The molecule has 0 aromatic heterocycles. The van der Waals surface area contributed by atoms with E-state index in [1.165, 1.54) is 0 Å². The SMILES string of the molecule is CC(C)CCNC(=O)CC(=O)NCc1ccccc1Cl. The molecule has 2 N–H and O–H groups in total. The number of amides is 2. The molecule has 4 nitrogen and oxygen atoms in total. The molecule has 0 unspecified atom stereocenters. The number of rotatable bonds is 7. The molecule has 0 aliphatic rings. The fourth-order valence-corrected chi connectivity index (χ4v) is 1.81. The predicted molar refractivity (Wildman–Crippen MR) is 80.4 cm³/mol. The van der Waals surface area contributed by atoms with Crippen LogP contribution < -0.4 is 10.6 Å². The Kier molecular flexibility index (Phi) is 7.09. The summed E-state index contributed by atoms with van der Waals surface area (Å²) in [5, 5.41) is 6.02. The maximum absolute atomic E-state index is 11.6. The second kappa shape index (κ2) is 8.59. The van der Waals surface area contributed by atoms with Gasteiger partial charge in [0.05, 0.1) is 0 Å². The third-order valence-electron chi connectivity index (χ3n) is 2.80. The summed E-state index contributed by atoms with van der Waals surface area (Å²) < 4.78 is 0. The van der Waals surface area contributed by atoms with Gasteiger partial charge in [0.25, 0.3) is 0 Å². The molecule has 0 aliphatic carbocycles. The van der Waals surface area contributed by atoms with Crippen molar-refractivity contribution in [2.45, 2.75) is 33.2 Å². The van der Waals surface area contributed by atoms with Crippen LogP contribution in [-0.2, 0) is 16.1 Å². The van der Waals surface area contributed by atoms with Gasteiger partial charge < -0.3 is 10.6 Å². The topological polar surface area (TPSA) is 58.2 Å². The van der Waals surface area contributed by atoms with Crippen molar-refractivity contribution in [1.29, 1.82) is 0 Å². The van der Waals surface area contributed by atoms with Gasteiger partial charge in [0.2, 0.25) is 11.8 Å². The maximum atomic E-state index is 11.6. The summed E-state index contributed by atoms with van der Waals surface area (Å²) >= 11 is 5.98. The van der Waals surface area contributed by atoms with Crippen LogP contribution >= 0.6 is 11.6 Å². The molecule has 0 fully saturated rings. The van der Waals surface area contributed by atoms with Gasteiger partial charge in [-0.2, -0.15) is 0 Å². The van der Waals surface area contributed by atoms with Gasteiger partial charge in [-0.3, -0.25) is 9.59 Å². The van der Waals surface area contributed by atoms with Crippen LogP contribution in [0.25, 0.3) is 0 Å². The van der Waals surface area contributed by atoms with Crippen molar-refractivity contribution in [3.8, 4) is 0 Å². The number of hydrogen-bond donors (Lipinski definition) is 2. The lowest BCUT2D eigenvalue weighted by Crippen LogP contribution is -2.32. The van der Waals surface area contributed by atoms with Crippen molar-refractivity contribution in [3.05, 3.63) is 34.9 Å². The molecule has 1 aromatic rings. The smallest absolute Gasteiger partial charge is 0.229 e. The van der Waals surface area contributed by atoms with Crippen LogP contribution in [0.2, 0.25) is 5.02 Å². The van der Waals surface area contributed by atoms with Gasteiger partial charge in [-0.25, -0.2) is 0 Å². The van der Waals surface area contributed by atoms with E-state index in [9.17, 15) is 9.59 Å². The zero-order valence-corrected chi connectivity index (χ0v) is 12.7. The van der Waals surface area contributed by atoms with E-state index >= 15 is 0 Å². The van der Waals surface area contributed by atoms with Gasteiger partial charge in [0.1, 0.15) is 6.42 Å². The first-order valence-electron chi connectivity index (χ1n) is 6.76. The molecular weight excluding hydrogens is 276 g/mol. The first-order valence-corrected chi connectivity index (χ1v) is 7.13. The Morgan fingerprint density at radius 1 is 1.15 bits per heavy atom. The molecule has 0 radical (unpaired) electrons. The highest BCUT2D eigenvalue weighted by atomic mass is 35.5. The standard InChI is InChI=1S/C15H21ClN2O2/c1-11(2)7-8-17-14(19)9-15(20)18-10-12-5-3-4-6-13(12)16/h3-6,11H,7-10H2,1-2H3,(H,17,19)(H,18,20). The zero-order valence-electron chi connectivity index (χ0n) is 11.9. The van der Waals surface area contributed by atoms with Crippen molar-refractivity contribution in [3.63, 3.8) is 0 Å². The Morgan fingerprint density at radius 2 is 1.80 bits per heavy atom. The van der Waals surface area contributed by atoms with Crippen molar-refractivity contribution in [2.24, 2.45) is 5.92 Å². The summed E-state index contributed by atoms with van der Waals surface area (Å²) in [6, 6.07) is 7.29. The molecule has 0 saturated heterocycles. The molecule has 1 rings (SSSR count). The van der Waals surface area contributed by atoms with Crippen LogP contribution in [-0.4, -0.2) is 18.4 Å². The van der Waals surface area contributed by atoms with Crippen molar-refractivity contribution >= 4 is 23.4 Å². The minimum atomic E-state index is -0.299. The second-order valence-corrected chi connectivity index (χ2v) is 5.48. The monoisotopic (exact) mass is 296 g/mol. The van der Waals surface area contributed by atoms with Gasteiger partial charge in [-0.05, 0) is 24.0 Å². The molecule has 20 heavy (non-hydrogen) atoms. The van der Waals surface area contributed by atoms with E-state index in [1.807, 2.05) is 18.2 Å². The van der Waals surface area contributed by atoms with Gasteiger partial charge in [0, 0.05) is 18.1 Å². The quantitative estimate of drug-likeness (QED) is 0.760. The Balaban J connectivity index is 2.26. The van der Waals surface area contributed by atoms with Gasteiger partial charge in [0.15, 0.2) is 0 Å².